The van der Waals surface area contributed by atoms with Crippen LogP contribution in [0.25, 0.3) is 0 Å². The van der Waals surface area contributed by atoms with Gasteiger partial charge in [-0.25, -0.2) is 4.79 Å². The fourth-order valence-electron chi connectivity index (χ4n) is 1.79. The molecule has 110 valence electrons. The topological polar surface area (TPSA) is 61.3 Å². The van der Waals surface area contributed by atoms with Gasteiger partial charge in [-0.3, -0.25) is 0 Å². The van der Waals surface area contributed by atoms with Crippen molar-refractivity contribution in [2.75, 3.05) is 7.11 Å². The van der Waals surface area contributed by atoms with E-state index in [0.717, 1.165) is 0 Å². The SMILES string of the molecule is COC(=O)c1ccnnc1Oc1ccc(C(C)(C)C)cc1. The molecular weight excluding hydrogens is 268 g/mol. The molecule has 2 rings (SSSR count). The zero-order valence-corrected chi connectivity index (χ0v) is 12.6. The molecule has 0 aliphatic carbocycles. The van der Waals surface area contributed by atoms with Crippen molar-refractivity contribution in [3.63, 3.8) is 0 Å². The van der Waals surface area contributed by atoms with Crippen LogP contribution >= 0.6 is 0 Å². The first-order valence-electron chi connectivity index (χ1n) is 6.60. The van der Waals surface area contributed by atoms with Gasteiger partial charge in [0.15, 0.2) is 0 Å². The second-order valence-corrected chi connectivity index (χ2v) is 5.62. The van der Waals surface area contributed by atoms with Crippen molar-refractivity contribution in [1.29, 1.82) is 0 Å². The molecule has 0 saturated carbocycles. The van der Waals surface area contributed by atoms with Gasteiger partial charge < -0.3 is 9.47 Å². The molecule has 0 unspecified atom stereocenters. The molecule has 0 N–H and O–H groups in total. The summed E-state index contributed by atoms with van der Waals surface area (Å²) in [7, 11) is 1.31. The first-order valence-corrected chi connectivity index (χ1v) is 6.60. The lowest BCUT2D eigenvalue weighted by Crippen LogP contribution is -2.10. The van der Waals surface area contributed by atoms with Crippen molar-refractivity contribution >= 4 is 5.97 Å². The van der Waals surface area contributed by atoms with Gasteiger partial charge in [0.2, 0.25) is 0 Å². The molecule has 0 radical (unpaired) electrons. The Balaban J connectivity index is 2.25. The average molecular weight is 286 g/mol. The molecule has 0 aliphatic rings. The van der Waals surface area contributed by atoms with Gasteiger partial charge in [0.25, 0.3) is 5.88 Å². The first-order chi connectivity index (χ1) is 9.91. The van der Waals surface area contributed by atoms with Crippen molar-refractivity contribution in [3.8, 4) is 11.6 Å². The van der Waals surface area contributed by atoms with Crippen LogP contribution < -0.4 is 4.74 Å². The third-order valence-electron chi connectivity index (χ3n) is 3.03. The second kappa shape index (κ2) is 5.91. The third-order valence-corrected chi connectivity index (χ3v) is 3.03. The Morgan fingerprint density at radius 3 is 2.33 bits per heavy atom. The van der Waals surface area contributed by atoms with Gasteiger partial charge in [-0.2, -0.15) is 5.10 Å². The molecule has 1 aromatic carbocycles. The fourth-order valence-corrected chi connectivity index (χ4v) is 1.79. The quantitative estimate of drug-likeness (QED) is 0.810. The van der Waals surface area contributed by atoms with Crippen LogP contribution in [0.3, 0.4) is 0 Å². The van der Waals surface area contributed by atoms with E-state index in [0.29, 0.717) is 5.75 Å². The van der Waals surface area contributed by atoms with Gasteiger partial charge in [0, 0.05) is 0 Å². The summed E-state index contributed by atoms with van der Waals surface area (Å²) < 4.78 is 10.3. The second-order valence-electron chi connectivity index (χ2n) is 5.62. The van der Waals surface area contributed by atoms with Crippen molar-refractivity contribution in [2.24, 2.45) is 0 Å². The summed E-state index contributed by atoms with van der Waals surface area (Å²) in [6.07, 6.45) is 1.42. The minimum absolute atomic E-state index is 0.0717. The number of benzene rings is 1. The number of methoxy groups -OCH3 is 1. The number of nitrogens with zero attached hydrogens (tertiary/aromatic N) is 2. The highest BCUT2D eigenvalue weighted by Gasteiger charge is 2.16. The summed E-state index contributed by atoms with van der Waals surface area (Å²) in [6.45, 7) is 6.42. The van der Waals surface area contributed by atoms with E-state index >= 15 is 0 Å². The molecule has 0 spiro atoms. The van der Waals surface area contributed by atoms with E-state index in [-0.39, 0.29) is 16.9 Å². The molecule has 0 bridgehead atoms. The standard InChI is InChI=1S/C16H18N2O3/c1-16(2,3)11-5-7-12(8-6-11)21-14-13(15(19)20-4)9-10-17-18-14/h5-10H,1-4H3. The van der Waals surface area contributed by atoms with Crippen LogP contribution in [0.15, 0.2) is 36.5 Å². The van der Waals surface area contributed by atoms with Gasteiger partial charge in [0.1, 0.15) is 11.3 Å². The Bertz CT molecular complexity index is 631. The molecule has 0 amide bonds. The van der Waals surface area contributed by atoms with Crippen molar-refractivity contribution < 1.29 is 14.3 Å². The van der Waals surface area contributed by atoms with Crippen LogP contribution in [0.5, 0.6) is 11.6 Å². The Kier molecular flexibility index (Phi) is 4.21. The Hall–Kier alpha value is -2.43. The molecule has 0 aliphatic heterocycles. The lowest BCUT2D eigenvalue weighted by Gasteiger charge is -2.19. The molecule has 0 atom stereocenters. The number of carbonyl (C=O) groups excluding carboxylic acids is 1. The Morgan fingerprint density at radius 2 is 1.76 bits per heavy atom. The van der Waals surface area contributed by atoms with Gasteiger partial charge >= 0.3 is 5.97 Å². The maximum Gasteiger partial charge on any atom is 0.343 e. The summed E-state index contributed by atoms with van der Waals surface area (Å²) in [4.78, 5) is 11.6. The zero-order valence-electron chi connectivity index (χ0n) is 12.6. The van der Waals surface area contributed by atoms with Crippen LogP contribution in [-0.2, 0) is 10.2 Å². The van der Waals surface area contributed by atoms with Crippen LogP contribution in [-0.4, -0.2) is 23.3 Å². The van der Waals surface area contributed by atoms with Crippen LogP contribution in [0.4, 0.5) is 0 Å². The summed E-state index contributed by atoms with van der Waals surface area (Å²) in [5.74, 6) is 0.215. The van der Waals surface area contributed by atoms with E-state index in [1.807, 2.05) is 24.3 Å². The molecular formula is C16H18N2O3. The molecule has 0 fully saturated rings. The molecule has 2 aromatic rings. The highest BCUT2D eigenvalue weighted by Crippen LogP contribution is 2.27. The lowest BCUT2D eigenvalue weighted by molar-refractivity contribution is 0.0596. The predicted molar refractivity (Wildman–Crippen MR) is 78.6 cm³/mol. The fraction of sp³-hybridized carbons (Fsp3) is 0.312. The van der Waals surface area contributed by atoms with E-state index in [1.54, 1.807) is 0 Å². The number of aromatic nitrogens is 2. The van der Waals surface area contributed by atoms with Gasteiger partial charge in [-0.1, -0.05) is 32.9 Å². The average Bonchev–Trinajstić information content (AvgIpc) is 2.46. The Labute approximate surface area is 123 Å². The largest absolute Gasteiger partial charge is 0.465 e. The van der Waals surface area contributed by atoms with Crippen molar-refractivity contribution in [3.05, 3.63) is 47.7 Å². The predicted octanol–water partition coefficient (Wildman–Crippen LogP) is 3.35. The smallest absolute Gasteiger partial charge is 0.343 e. The van der Waals surface area contributed by atoms with Gasteiger partial charge in [-0.05, 0) is 29.2 Å². The number of rotatable bonds is 3. The number of hydrogen-bond donors (Lipinski definition) is 0. The van der Waals surface area contributed by atoms with E-state index < -0.39 is 5.97 Å². The monoisotopic (exact) mass is 286 g/mol. The van der Waals surface area contributed by atoms with E-state index in [2.05, 4.69) is 31.0 Å². The first kappa shape index (κ1) is 15.0. The maximum absolute atomic E-state index is 11.6. The normalized spacial score (nSPS) is 11.0. The van der Waals surface area contributed by atoms with Gasteiger partial charge in [0.05, 0.1) is 13.3 Å². The Morgan fingerprint density at radius 1 is 1.10 bits per heavy atom. The van der Waals surface area contributed by atoms with E-state index in [4.69, 9.17) is 9.47 Å². The number of esters is 1. The number of ether oxygens (including phenoxy) is 2. The molecule has 1 aromatic heterocycles. The highest BCUT2D eigenvalue weighted by atomic mass is 16.5. The molecule has 0 saturated heterocycles. The number of hydrogen-bond acceptors (Lipinski definition) is 5. The summed E-state index contributed by atoms with van der Waals surface area (Å²) in [6, 6.07) is 9.18. The molecule has 21 heavy (non-hydrogen) atoms. The minimum Gasteiger partial charge on any atom is -0.465 e. The lowest BCUT2D eigenvalue weighted by atomic mass is 9.87. The van der Waals surface area contributed by atoms with E-state index in [1.165, 1.54) is 24.9 Å². The molecule has 5 heteroatoms. The summed E-state index contributed by atoms with van der Waals surface area (Å²) in [5.41, 5.74) is 1.51. The zero-order chi connectivity index (χ0) is 15.5. The summed E-state index contributed by atoms with van der Waals surface area (Å²) in [5, 5.41) is 7.57. The van der Waals surface area contributed by atoms with Crippen molar-refractivity contribution in [2.45, 2.75) is 26.2 Å². The van der Waals surface area contributed by atoms with Crippen LogP contribution in [0, 0.1) is 0 Å². The van der Waals surface area contributed by atoms with Gasteiger partial charge in [-0.15, -0.1) is 5.10 Å². The maximum atomic E-state index is 11.6. The third kappa shape index (κ3) is 3.56. The van der Waals surface area contributed by atoms with Crippen LogP contribution in [0.1, 0.15) is 36.7 Å². The van der Waals surface area contributed by atoms with Crippen LogP contribution in [0.2, 0.25) is 0 Å². The van der Waals surface area contributed by atoms with Crippen molar-refractivity contribution in [1.82, 2.24) is 10.2 Å². The summed E-state index contributed by atoms with van der Waals surface area (Å²) >= 11 is 0. The minimum atomic E-state index is -0.508. The molecule has 1 heterocycles. The van der Waals surface area contributed by atoms with E-state index in [9.17, 15) is 4.79 Å². The molecule has 5 nitrogen and oxygen atoms in total. The highest BCUT2D eigenvalue weighted by molar-refractivity contribution is 5.91. The number of carbonyl (C=O) groups is 1.